The van der Waals surface area contributed by atoms with Gasteiger partial charge < -0.3 is 19.3 Å². The number of aliphatic hydroxyl groups excluding tert-OH is 2. The molecule has 2 atom stereocenters. The molecule has 1 unspecified atom stereocenters. The Morgan fingerprint density at radius 2 is 1.80 bits per heavy atom. The van der Waals surface area contributed by atoms with Gasteiger partial charge in [0, 0.05) is 0 Å². The summed E-state index contributed by atoms with van der Waals surface area (Å²) in [5, 5.41) is 17.9. The quantitative estimate of drug-likeness (QED) is 0.527. The van der Waals surface area contributed by atoms with Crippen molar-refractivity contribution in [2.75, 3.05) is 19.8 Å². The molecule has 0 aromatic heterocycles. The van der Waals surface area contributed by atoms with Crippen LogP contribution in [0.2, 0.25) is 0 Å². The van der Waals surface area contributed by atoms with Gasteiger partial charge in [-0.15, -0.1) is 0 Å². The van der Waals surface area contributed by atoms with Gasteiger partial charge >= 0.3 is 7.60 Å². The number of rotatable bonds is 8. The van der Waals surface area contributed by atoms with Crippen molar-refractivity contribution in [3.63, 3.8) is 0 Å². The smallest absolute Gasteiger partial charge is 0.344 e. The second kappa shape index (κ2) is 7.76. The molecule has 15 heavy (non-hydrogen) atoms. The van der Waals surface area contributed by atoms with E-state index in [0.717, 1.165) is 0 Å². The molecule has 0 aliphatic rings. The third-order valence-corrected chi connectivity index (χ3v) is 5.65. The standard InChI is InChI=1S/C8H18BrO5P/c1-3-13-15(12,14-4-2)8(9)5-7(11)6-10/h7-8,10-11H,3-6H2,1-2H3/t7-,8?/m0/s1. The average Bonchev–Trinajstić information content (AvgIpc) is 2.18. The third-order valence-electron chi connectivity index (χ3n) is 1.64. The van der Waals surface area contributed by atoms with Crippen molar-refractivity contribution in [3.8, 4) is 0 Å². The largest absolute Gasteiger partial charge is 0.394 e. The van der Waals surface area contributed by atoms with E-state index < -0.39 is 18.3 Å². The van der Waals surface area contributed by atoms with Gasteiger partial charge in [-0.25, -0.2) is 0 Å². The second-order valence-electron chi connectivity index (χ2n) is 2.88. The molecule has 2 N–H and O–H groups in total. The summed E-state index contributed by atoms with van der Waals surface area (Å²) in [6.07, 6.45) is -0.808. The summed E-state index contributed by atoms with van der Waals surface area (Å²) in [7, 11) is -3.23. The molecule has 0 radical (unpaired) electrons. The Hall–Kier alpha value is 0.550. The maximum Gasteiger partial charge on any atom is 0.344 e. The molecular formula is C8H18BrO5P. The summed E-state index contributed by atoms with van der Waals surface area (Å²) in [5.74, 6) is 0. The molecule has 92 valence electrons. The highest BCUT2D eigenvalue weighted by atomic mass is 79.9. The molecule has 0 heterocycles. The fraction of sp³-hybridized carbons (Fsp3) is 1.00. The lowest BCUT2D eigenvalue weighted by Gasteiger charge is -2.23. The summed E-state index contributed by atoms with van der Waals surface area (Å²) in [6, 6.07) is 0. The molecule has 7 heteroatoms. The van der Waals surface area contributed by atoms with Gasteiger partial charge in [0.25, 0.3) is 0 Å². The molecule has 0 amide bonds. The SMILES string of the molecule is CCOP(=O)(OCC)C(Br)C[C@H](O)CO. The van der Waals surface area contributed by atoms with Crippen molar-refractivity contribution in [1.29, 1.82) is 0 Å². The lowest BCUT2D eigenvalue weighted by molar-refractivity contribution is 0.0891. The van der Waals surface area contributed by atoms with Crippen LogP contribution in [0.1, 0.15) is 20.3 Å². The van der Waals surface area contributed by atoms with Gasteiger partial charge in [-0.3, -0.25) is 4.57 Å². The first-order valence-electron chi connectivity index (χ1n) is 4.81. The monoisotopic (exact) mass is 304 g/mol. The van der Waals surface area contributed by atoms with Crippen molar-refractivity contribution in [2.45, 2.75) is 30.9 Å². The Labute approximate surface area is 98.4 Å². The number of alkyl halides is 1. The minimum atomic E-state index is -3.23. The second-order valence-corrected chi connectivity index (χ2v) is 6.91. The fourth-order valence-electron chi connectivity index (χ4n) is 0.987. The van der Waals surface area contributed by atoms with Gasteiger partial charge in [-0.2, -0.15) is 0 Å². The summed E-state index contributed by atoms with van der Waals surface area (Å²) in [5.41, 5.74) is 0. The highest BCUT2D eigenvalue weighted by Crippen LogP contribution is 2.56. The molecule has 0 fully saturated rings. The van der Waals surface area contributed by atoms with Crippen molar-refractivity contribution >= 4 is 23.5 Å². The van der Waals surface area contributed by atoms with Gasteiger partial charge in [0.2, 0.25) is 0 Å². The van der Waals surface area contributed by atoms with E-state index in [9.17, 15) is 9.67 Å². The zero-order valence-corrected chi connectivity index (χ0v) is 11.4. The lowest BCUT2D eigenvalue weighted by Crippen LogP contribution is -2.19. The van der Waals surface area contributed by atoms with Crippen LogP contribution in [0.4, 0.5) is 0 Å². The Bertz CT molecular complexity index is 203. The normalized spacial score (nSPS) is 16.3. The van der Waals surface area contributed by atoms with Gasteiger partial charge in [-0.05, 0) is 20.3 Å². The van der Waals surface area contributed by atoms with Crippen LogP contribution in [-0.4, -0.2) is 40.7 Å². The van der Waals surface area contributed by atoms with Crippen molar-refractivity contribution in [1.82, 2.24) is 0 Å². The zero-order valence-electron chi connectivity index (χ0n) is 8.93. The summed E-state index contributed by atoms with van der Waals surface area (Å²) in [6.45, 7) is 3.60. The number of aliphatic hydroxyl groups is 2. The fourth-order valence-corrected chi connectivity index (χ4v) is 3.75. The Morgan fingerprint density at radius 3 is 2.13 bits per heavy atom. The van der Waals surface area contributed by atoms with E-state index in [0.29, 0.717) is 0 Å². The van der Waals surface area contributed by atoms with Crippen LogP contribution in [0.25, 0.3) is 0 Å². The first-order chi connectivity index (χ1) is 7.00. The Kier molecular flexibility index (Phi) is 8.05. The van der Waals surface area contributed by atoms with E-state index in [1.54, 1.807) is 13.8 Å². The van der Waals surface area contributed by atoms with E-state index in [1.807, 2.05) is 0 Å². The van der Waals surface area contributed by atoms with Crippen molar-refractivity contribution < 1.29 is 23.8 Å². The zero-order chi connectivity index (χ0) is 11.9. The van der Waals surface area contributed by atoms with Gasteiger partial charge in [0.1, 0.15) is 4.57 Å². The number of hydrogen-bond acceptors (Lipinski definition) is 5. The molecule has 0 aliphatic carbocycles. The molecular weight excluding hydrogens is 287 g/mol. The van der Waals surface area contributed by atoms with Crippen molar-refractivity contribution in [2.24, 2.45) is 0 Å². The lowest BCUT2D eigenvalue weighted by atomic mass is 10.3. The van der Waals surface area contributed by atoms with Crippen LogP contribution < -0.4 is 0 Å². The molecule has 0 saturated heterocycles. The van der Waals surface area contributed by atoms with Crippen molar-refractivity contribution in [3.05, 3.63) is 0 Å². The molecule has 0 rings (SSSR count). The van der Waals surface area contributed by atoms with E-state index in [2.05, 4.69) is 15.9 Å². The third kappa shape index (κ3) is 5.43. The number of hydrogen-bond donors (Lipinski definition) is 2. The first kappa shape index (κ1) is 15.6. The highest BCUT2D eigenvalue weighted by Gasteiger charge is 2.34. The first-order valence-corrected chi connectivity index (χ1v) is 7.34. The van der Waals surface area contributed by atoms with Gasteiger partial charge in [-0.1, -0.05) is 15.9 Å². The highest BCUT2D eigenvalue weighted by molar-refractivity contribution is 9.10. The summed E-state index contributed by atoms with van der Waals surface area (Å²) < 4.78 is 21.6. The predicted octanol–water partition coefficient (Wildman–Crippen LogP) is 1.72. The van der Waals surface area contributed by atoms with Gasteiger partial charge in [0.05, 0.1) is 25.9 Å². The van der Waals surface area contributed by atoms with E-state index in [1.165, 1.54) is 0 Å². The van der Waals surface area contributed by atoms with Crippen LogP contribution in [0.5, 0.6) is 0 Å². The molecule has 0 aromatic carbocycles. The molecule has 0 aromatic rings. The van der Waals surface area contributed by atoms with Crippen LogP contribution in [-0.2, 0) is 13.6 Å². The summed E-state index contributed by atoms with van der Waals surface area (Å²) in [4.78, 5) is 0. The Morgan fingerprint density at radius 1 is 1.33 bits per heavy atom. The van der Waals surface area contributed by atoms with E-state index >= 15 is 0 Å². The maximum atomic E-state index is 12.1. The van der Waals surface area contributed by atoms with Crippen LogP contribution in [0.3, 0.4) is 0 Å². The summed E-state index contributed by atoms with van der Waals surface area (Å²) >= 11 is 3.16. The van der Waals surface area contributed by atoms with Crippen LogP contribution >= 0.6 is 23.5 Å². The maximum absolute atomic E-state index is 12.1. The minimum Gasteiger partial charge on any atom is -0.394 e. The molecule has 0 saturated carbocycles. The predicted molar refractivity (Wildman–Crippen MR) is 61.3 cm³/mol. The minimum absolute atomic E-state index is 0.119. The van der Waals surface area contributed by atoms with Gasteiger partial charge in [0.15, 0.2) is 0 Å². The molecule has 0 bridgehead atoms. The van der Waals surface area contributed by atoms with Crippen LogP contribution in [0.15, 0.2) is 0 Å². The van der Waals surface area contributed by atoms with E-state index in [-0.39, 0.29) is 26.2 Å². The average molecular weight is 305 g/mol. The van der Waals surface area contributed by atoms with E-state index in [4.69, 9.17) is 14.2 Å². The number of halogens is 1. The Balaban J connectivity index is 4.40. The topological polar surface area (TPSA) is 76.0 Å². The van der Waals surface area contributed by atoms with Crippen LogP contribution in [0, 0.1) is 0 Å². The molecule has 0 spiro atoms. The molecule has 5 nitrogen and oxygen atoms in total. The molecule has 0 aliphatic heterocycles.